The normalized spacial score (nSPS) is 11.2. The Morgan fingerprint density at radius 2 is 1.97 bits per heavy atom. The minimum atomic E-state index is -0.186. The highest BCUT2D eigenvalue weighted by molar-refractivity contribution is 7.18. The van der Waals surface area contributed by atoms with Crippen LogP contribution in [0.3, 0.4) is 0 Å². The van der Waals surface area contributed by atoms with Crippen molar-refractivity contribution in [1.82, 2.24) is 15.3 Å². The predicted octanol–water partition coefficient (Wildman–Crippen LogP) is 3.85. The molecule has 1 amide bonds. The monoisotopic (exact) mass is 401 g/mol. The van der Waals surface area contributed by atoms with Crippen LogP contribution < -0.4 is 16.8 Å². The number of nitrogens with one attached hydrogen (secondary N) is 1. The molecule has 0 aliphatic rings. The number of nitrogen functional groups attached to an aromatic ring is 2. The van der Waals surface area contributed by atoms with Crippen LogP contribution in [0.1, 0.15) is 11.1 Å². The highest BCUT2D eigenvalue weighted by Gasteiger charge is 2.13. The van der Waals surface area contributed by atoms with Crippen LogP contribution in [0.2, 0.25) is 0 Å². The Morgan fingerprint density at radius 1 is 1.14 bits per heavy atom. The molecule has 0 fully saturated rings. The Hall–Kier alpha value is -3.71. The first-order valence-electron chi connectivity index (χ1n) is 8.98. The van der Waals surface area contributed by atoms with Crippen molar-refractivity contribution in [3.8, 4) is 11.1 Å². The maximum Gasteiger partial charge on any atom is 0.244 e. The molecule has 0 bridgehead atoms. The fourth-order valence-corrected chi connectivity index (χ4v) is 4.08. The molecule has 144 valence electrons. The zero-order valence-electron chi connectivity index (χ0n) is 15.5. The van der Waals surface area contributed by atoms with E-state index in [0.717, 1.165) is 32.3 Å². The summed E-state index contributed by atoms with van der Waals surface area (Å²) in [6, 6.07) is 11.4. The topological polar surface area (TPSA) is 107 Å². The molecule has 1 aromatic carbocycles. The Morgan fingerprint density at radius 3 is 2.72 bits per heavy atom. The lowest BCUT2D eigenvalue weighted by atomic mass is 10.0. The van der Waals surface area contributed by atoms with E-state index in [1.54, 1.807) is 36.0 Å². The van der Waals surface area contributed by atoms with E-state index in [9.17, 15) is 4.79 Å². The van der Waals surface area contributed by atoms with Crippen LogP contribution in [0.15, 0.2) is 66.4 Å². The summed E-state index contributed by atoms with van der Waals surface area (Å²) in [7, 11) is 0. The van der Waals surface area contributed by atoms with Crippen molar-refractivity contribution >= 4 is 44.9 Å². The number of rotatable bonds is 5. The Labute approximate surface area is 171 Å². The van der Waals surface area contributed by atoms with Gasteiger partial charge in [-0.15, -0.1) is 11.3 Å². The van der Waals surface area contributed by atoms with Crippen LogP contribution in [0, 0.1) is 0 Å². The number of pyridine rings is 2. The molecule has 4 aromatic rings. The number of fused-ring (bicyclic) bond motifs is 1. The number of anilines is 2. The summed E-state index contributed by atoms with van der Waals surface area (Å²) in [4.78, 5) is 20.5. The van der Waals surface area contributed by atoms with Gasteiger partial charge in [-0.2, -0.15) is 0 Å². The van der Waals surface area contributed by atoms with Gasteiger partial charge in [0, 0.05) is 58.1 Å². The maximum atomic E-state index is 12.2. The van der Waals surface area contributed by atoms with Crippen molar-refractivity contribution in [3.63, 3.8) is 0 Å². The molecule has 0 saturated carbocycles. The number of hydrogen-bond donors (Lipinski definition) is 3. The van der Waals surface area contributed by atoms with Crippen molar-refractivity contribution < 1.29 is 4.79 Å². The third-order valence-electron chi connectivity index (χ3n) is 4.48. The van der Waals surface area contributed by atoms with Crippen LogP contribution in [-0.4, -0.2) is 15.9 Å². The lowest BCUT2D eigenvalue weighted by molar-refractivity contribution is -0.116. The summed E-state index contributed by atoms with van der Waals surface area (Å²) in [6.07, 6.45) is 8.38. The van der Waals surface area contributed by atoms with Crippen molar-refractivity contribution in [2.24, 2.45) is 0 Å². The summed E-state index contributed by atoms with van der Waals surface area (Å²) in [5.41, 5.74) is 16.5. The van der Waals surface area contributed by atoms with E-state index in [1.807, 2.05) is 41.8 Å². The predicted molar refractivity (Wildman–Crippen MR) is 119 cm³/mol. The summed E-state index contributed by atoms with van der Waals surface area (Å²) in [6.45, 7) is 0.423. The molecular weight excluding hydrogens is 382 g/mol. The smallest absolute Gasteiger partial charge is 0.244 e. The fourth-order valence-electron chi connectivity index (χ4n) is 3.00. The van der Waals surface area contributed by atoms with Gasteiger partial charge in [0.15, 0.2) is 0 Å². The molecule has 3 heterocycles. The van der Waals surface area contributed by atoms with E-state index in [2.05, 4.69) is 15.3 Å². The number of thiophene rings is 1. The highest BCUT2D eigenvalue weighted by atomic mass is 32.1. The number of carbonyl (C=O) groups is 1. The summed E-state index contributed by atoms with van der Waals surface area (Å²) >= 11 is 1.57. The lowest BCUT2D eigenvalue weighted by Gasteiger charge is -2.05. The van der Waals surface area contributed by atoms with E-state index < -0.39 is 0 Å². The third kappa shape index (κ3) is 4.09. The average molecular weight is 401 g/mol. The molecule has 0 unspecified atom stereocenters. The molecule has 0 radical (unpaired) electrons. The van der Waals surface area contributed by atoms with Gasteiger partial charge >= 0.3 is 0 Å². The molecule has 0 spiro atoms. The quantitative estimate of drug-likeness (QED) is 0.348. The molecule has 4 rings (SSSR count). The zero-order chi connectivity index (χ0) is 20.2. The Balaban J connectivity index is 1.58. The van der Waals surface area contributed by atoms with E-state index in [0.29, 0.717) is 18.1 Å². The Bertz CT molecular complexity index is 1180. The van der Waals surface area contributed by atoms with Crippen LogP contribution in [0.5, 0.6) is 0 Å². The summed E-state index contributed by atoms with van der Waals surface area (Å²) in [5.74, 6) is 0.278. The molecule has 3 aromatic heterocycles. The lowest BCUT2D eigenvalue weighted by Crippen LogP contribution is -2.20. The molecule has 0 aliphatic heterocycles. The minimum absolute atomic E-state index is 0.186. The van der Waals surface area contributed by atoms with Crippen LogP contribution in [0.25, 0.3) is 27.3 Å². The first kappa shape index (κ1) is 18.6. The number of benzene rings is 1. The fraction of sp³-hybridized carbons (Fsp3) is 0.0455. The van der Waals surface area contributed by atoms with Crippen LogP contribution >= 0.6 is 11.3 Å². The van der Waals surface area contributed by atoms with Crippen molar-refractivity contribution in [2.45, 2.75) is 6.54 Å². The van der Waals surface area contributed by atoms with Gasteiger partial charge in [-0.1, -0.05) is 18.2 Å². The van der Waals surface area contributed by atoms with Crippen LogP contribution in [-0.2, 0) is 11.3 Å². The zero-order valence-corrected chi connectivity index (χ0v) is 16.3. The minimum Gasteiger partial charge on any atom is -0.399 e. The third-order valence-corrected chi connectivity index (χ3v) is 5.51. The molecule has 29 heavy (non-hydrogen) atoms. The van der Waals surface area contributed by atoms with Gasteiger partial charge in [-0.05, 0) is 40.8 Å². The van der Waals surface area contributed by atoms with Gasteiger partial charge in [0.25, 0.3) is 0 Å². The SMILES string of the molecule is Nc1ccc(-c2csc3c(/C=C/C(=O)NCc4cccnc4)cnc(N)c23)cc1. The second-order valence-corrected chi connectivity index (χ2v) is 7.37. The number of carbonyl (C=O) groups excluding carboxylic acids is 1. The average Bonchev–Trinajstić information content (AvgIpc) is 3.19. The largest absolute Gasteiger partial charge is 0.399 e. The van der Waals surface area contributed by atoms with Crippen molar-refractivity contribution in [3.05, 3.63) is 77.6 Å². The number of hydrogen-bond acceptors (Lipinski definition) is 6. The first-order valence-corrected chi connectivity index (χ1v) is 9.86. The highest BCUT2D eigenvalue weighted by Crippen LogP contribution is 2.38. The number of nitrogens with zero attached hydrogens (tertiary/aromatic N) is 2. The van der Waals surface area contributed by atoms with E-state index in [1.165, 1.54) is 6.08 Å². The maximum absolute atomic E-state index is 12.2. The molecular formula is C22H19N5OS. The number of nitrogens with two attached hydrogens (primary N) is 2. The van der Waals surface area contributed by atoms with Crippen LogP contribution in [0.4, 0.5) is 11.5 Å². The molecule has 6 nitrogen and oxygen atoms in total. The number of aromatic nitrogens is 2. The second-order valence-electron chi connectivity index (χ2n) is 6.49. The van der Waals surface area contributed by atoms with Gasteiger partial charge in [0.1, 0.15) is 5.82 Å². The van der Waals surface area contributed by atoms with E-state index in [4.69, 9.17) is 11.5 Å². The molecule has 0 atom stereocenters. The molecule has 0 saturated heterocycles. The molecule has 0 aliphatic carbocycles. The van der Waals surface area contributed by atoms with E-state index >= 15 is 0 Å². The van der Waals surface area contributed by atoms with Gasteiger partial charge in [-0.3, -0.25) is 9.78 Å². The van der Waals surface area contributed by atoms with Gasteiger partial charge in [0.05, 0.1) is 0 Å². The first-order chi connectivity index (χ1) is 14.1. The standard InChI is InChI=1S/C22H19N5OS/c23-17-6-3-15(4-7-17)18-13-29-21-16(12-27-22(24)20(18)21)5-8-19(28)26-11-14-2-1-9-25-10-14/h1-10,12-13H,11,23H2,(H2,24,27)(H,26,28)/b8-5+. The summed E-state index contributed by atoms with van der Waals surface area (Å²) < 4.78 is 0.987. The number of amides is 1. The van der Waals surface area contributed by atoms with Crippen molar-refractivity contribution in [2.75, 3.05) is 11.5 Å². The van der Waals surface area contributed by atoms with Crippen molar-refractivity contribution in [1.29, 1.82) is 0 Å². The van der Waals surface area contributed by atoms with Gasteiger partial charge in [-0.25, -0.2) is 4.98 Å². The summed E-state index contributed by atoms with van der Waals surface area (Å²) in [5, 5.41) is 5.78. The van der Waals surface area contributed by atoms with Gasteiger partial charge in [0.2, 0.25) is 5.91 Å². The molecule has 5 N–H and O–H groups in total. The second kappa shape index (κ2) is 8.12. The molecule has 7 heteroatoms. The van der Waals surface area contributed by atoms with Gasteiger partial charge < -0.3 is 16.8 Å². The van der Waals surface area contributed by atoms with E-state index in [-0.39, 0.29) is 5.91 Å². The Kier molecular flexibility index (Phi) is 5.22.